The number of rotatable bonds is 3. The third-order valence-corrected chi connectivity index (χ3v) is 5.66. The topological polar surface area (TPSA) is 26.3 Å². The first-order chi connectivity index (χ1) is 11.0. The fraction of sp³-hybridized carbons (Fsp3) is 0.650. The van der Waals surface area contributed by atoms with Crippen LogP contribution in [0.15, 0.2) is 18.2 Å². The van der Waals surface area contributed by atoms with Gasteiger partial charge in [-0.3, -0.25) is 4.79 Å². The molecule has 2 aliphatic rings. The molecule has 0 radical (unpaired) electrons. The maximum Gasteiger partial charge on any atom is 0.166 e. The summed E-state index contributed by atoms with van der Waals surface area (Å²) in [5.41, 5.74) is 1.12. The van der Waals surface area contributed by atoms with E-state index in [1.165, 1.54) is 12.5 Å². The molecule has 2 nitrogen and oxygen atoms in total. The molecule has 0 N–H and O–H groups in total. The van der Waals surface area contributed by atoms with Crippen LogP contribution >= 0.6 is 0 Å². The van der Waals surface area contributed by atoms with Crippen molar-refractivity contribution >= 4 is 5.78 Å². The predicted molar refractivity (Wildman–Crippen MR) is 89.1 cm³/mol. The van der Waals surface area contributed by atoms with Gasteiger partial charge >= 0.3 is 0 Å². The zero-order valence-corrected chi connectivity index (χ0v) is 14.2. The largest absolute Gasteiger partial charge is 0.378 e. The van der Waals surface area contributed by atoms with E-state index in [4.69, 9.17) is 4.74 Å². The normalized spacial score (nSPS) is 31.8. The van der Waals surface area contributed by atoms with Crippen LogP contribution < -0.4 is 0 Å². The summed E-state index contributed by atoms with van der Waals surface area (Å²) < 4.78 is 19.7. The van der Waals surface area contributed by atoms with Crippen LogP contribution in [0.3, 0.4) is 0 Å². The SMILES string of the molecule is Cc1ccc(C(=O)C2CCC(C3CCC(C)CO3)CC2)cc1F. The summed E-state index contributed by atoms with van der Waals surface area (Å²) in [6.45, 7) is 4.85. The standard InChI is InChI=1S/C20H27FO2/c1-13-3-10-19(23-12-13)15-6-8-16(9-7-15)20(22)17-5-4-14(2)18(21)11-17/h4-5,11,13,15-16,19H,3,6-10,12H2,1-2H3. The summed E-state index contributed by atoms with van der Waals surface area (Å²) in [7, 11) is 0. The summed E-state index contributed by atoms with van der Waals surface area (Å²) in [6.07, 6.45) is 6.75. The molecule has 1 aliphatic heterocycles. The molecule has 0 spiro atoms. The number of halogens is 1. The Morgan fingerprint density at radius 3 is 2.48 bits per heavy atom. The van der Waals surface area contributed by atoms with Gasteiger partial charge in [-0.05, 0) is 68.9 Å². The van der Waals surface area contributed by atoms with Crippen LogP contribution in [-0.2, 0) is 4.74 Å². The van der Waals surface area contributed by atoms with Gasteiger partial charge in [0.15, 0.2) is 5.78 Å². The summed E-state index contributed by atoms with van der Waals surface area (Å²) >= 11 is 0. The Hall–Kier alpha value is -1.22. The van der Waals surface area contributed by atoms with Crippen molar-refractivity contribution in [2.24, 2.45) is 17.8 Å². The molecule has 1 saturated carbocycles. The minimum absolute atomic E-state index is 0.0517. The molecule has 3 heteroatoms. The van der Waals surface area contributed by atoms with Crippen LogP contribution in [0.5, 0.6) is 0 Å². The van der Waals surface area contributed by atoms with Crippen molar-refractivity contribution in [2.75, 3.05) is 6.61 Å². The minimum atomic E-state index is -0.283. The van der Waals surface area contributed by atoms with Gasteiger partial charge in [-0.15, -0.1) is 0 Å². The number of ketones is 1. The molecule has 3 rings (SSSR count). The third-order valence-electron chi connectivity index (χ3n) is 5.66. The Labute approximate surface area is 138 Å². The lowest BCUT2D eigenvalue weighted by molar-refractivity contribution is -0.0535. The van der Waals surface area contributed by atoms with Gasteiger partial charge in [-0.1, -0.05) is 19.1 Å². The highest BCUT2D eigenvalue weighted by atomic mass is 19.1. The molecule has 0 aromatic heterocycles. The van der Waals surface area contributed by atoms with E-state index < -0.39 is 0 Å². The van der Waals surface area contributed by atoms with Crippen molar-refractivity contribution in [2.45, 2.75) is 58.5 Å². The second kappa shape index (κ2) is 7.12. The van der Waals surface area contributed by atoms with Crippen LogP contribution in [0.4, 0.5) is 4.39 Å². The molecule has 1 aromatic carbocycles. The van der Waals surface area contributed by atoms with E-state index in [1.54, 1.807) is 19.1 Å². The van der Waals surface area contributed by atoms with Crippen molar-refractivity contribution < 1.29 is 13.9 Å². The lowest BCUT2D eigenvalue weighted by atomic mass is 9.75. The molecule has 23 heavy (non-hydrogen) atoms. The molecule has 126 valence electrons. The zero-order chi connectivity index (χ0) is 16.4. The minimum Gasteiger partial charge on any atom is -0.378 e. The Morgan fingerprint density at radius 2 is 1.87 bits per heavy atom. The molecule has 2 fully saturated rings. The fourth-order valence-electron chi connectivity index (χ4n) is 4.01. The molecule has 0 amide bonds. The van der Waals surface area contributed by atoms with E-state index in [-0.39, 0.29) is 17.5 Å². The molecule has 1 aromatic rings. The van der Waals surface area contributed by atoms with Crippen LogP contribution in [0, 0.1) is 30.5 Å². The predicted octanol–water partition coefficient (Wildman–Crippen LogP) is 4.94. The number of aryl methyl sites for hydroxylation is 1. The van der Waals surface area contributed by atoms with E-state index >= 15 is 0 Å². The smallest absolute Gasteiger partial charge is 0.166 e. The fourth-order valence-corrected chi connectivity index (χ4v) is 4.01. The maximum absolute atomic E-state index is 13.7. The number of hydrogen-bond acceptors (Lipinski definition) is 2. The molecule has 1 aliphatic carbocycles. The molecular weight excluding hydrogens is 291 g/mol. The van der Waals surface area contributed by atoms with Crippen molar-refractivity contribution in [3.05, 3.63) is 35.1 Å². The lowest BCUT2D eigenvalue weighted by Gasteiger charge is -2.36. The average molecular weight is 318 g/mol. The monoisotopic (exact) mass is 318 g/mol. The van der Waals surface area contributed by atoms with Crippen molar-refractivity contribution in [1.29, 1.82) is 0 Å². The first-order valence-corrected chi connectivity index (χ1v) is 8.96. The quantitative estimate of drug-likeness (QED) is 0.738. The Balaban J connectivity index is 1.56. The molecule has 1 heterocycles. The number of ether oxygens (including phenoxy) is 1. The lowest BCUT2D eigenvalue weighted by Crippen LogP contribution is -2.34. The highest BCUT2D eigenvalue weighted by molar-refractivity contribution is 5.97. The van der Waals surface area contributed by atoms with Gasteiger partial charge in [-0.2, -0.15) is 0 Å². The highest BCUT2D eigenvalue weighted by Gasteiger charge is 2.33. The summed E-state index contributed by atoms with van der Waals surface area (Å²) in [5.74, 6) is 1.16. The van der Waals surface area contributed by atoms with Crippen LogP contribution in [0.25, 0.3) is 0 Å². The molecule has 2 unspecified atom stereocenters. The summed E-state index contributed by atoms with van der Waals surface area (Å²) in [6, 6.07) is 4.86. The summed E-state index contributed by atoms with van der Waals surface area (Å²) in [4.78, 5) is 12.6. The number of Topliss-reactive ketones (excluding diaryl/α,β-unsaturated/α-hetero) is 1. The Bertz CT molecular complexity index is 553. The highest BCUT2D eigenvalue weighted by Crippen LogP contribution is 2.37. The first-order valence-electron chi connectivity index (χ1n) is 8.96. The molecule has 0 bridgehead atoms. The van der Waals surface area contributed by atoms with Crippen molar-refractivity contribution in [1.82, 2.24) is 0 Å². The molecular formula is C20H27FO2. The van der Waals surface area contributed by atoms with Gasteiger partial charge in [0.05, 0.1) is 6.10 Å². The number of benzene rings is 1. The van der Waals surface area contributed by atoms with E-state index in [0.29, 0.717) is 29.1 Å². The molecule has 1 saturated heterocycles. The maximum atomic E-state index is 13.7. The third kappa shape index (κ3) is 3.82. The summed E-state index contributed by atoms with van der Waals surface area (Å²) in [5, 5.41) is 0. The van der Waals surface area contributed by atoms with Crippen molar-refractivity contribution in [3.8, 4) is 0 Å². The second-order valence-corrected chi connectivity index (χ2v) is 7.49. The van der Waals surface area contributed by atoms with Gasteiger partial charge in [0.2, 0.25) is 0 Å². The van der Waals surface area contributed by atoms with Gasteiger partial charge < -0.3 is 4.74 Å². The Kier molecular flexibility index (Phi) is 5.15. The van der Waals surface area contributed by atoms with Gasteiger partial charge in [0.1, 0.15) is 5.82 Å². The number of carbonyl (C=O) groups is 1. The average Bonchev–Trinajstić information content (AvgIpc) is 2.57. The zero-order valence-electron chi connectivity index (χ0n) is 14.2. The van der Waals surface area contributed by atoms with Gasteiger partial charge in [-0.25, -0.2) is 4.39 Å². The Morgan fingerprint density at radius 1 is 1.13 bits per heavy atom. The van der Waals surface area contributed by atoms with Gasteiger partial charge in [0, 0.05) is 18.1 Å². The van der Waals surface area contributed by atoms with Gasteiger partial charge in [0.25, 0.3) is 0 Å². The number of hydrogen-bond donors (Lipinski definition) is 0. The van der Waals surface area contributed by atoms with Crippen LogP contribution in [-0.4, -0.2) is 18.5 Å². The first kappa shape index (κ1) is 16.6. The van der Waals surface area contributed by atoms with Crippen LogP contribution in [0.2, 0.25) is 0 Å². The van der Waals surface area contributed by atoms with Crippen LogP contribution in [0.1, 0.15) is 61.4 Å². The van der Waals surface area contributed by atoms with E-state index in [9.17, 15) is 9.18 Å². The van der Waals surface area contributed by atoms with E-state index in [1.807, 2.05) is 0 Å². The molecule has 2 atom stereocenters. The number of carbonyl (C=O) groups excluding carboxylic acids is 1. The second-order valence-electron chi connectivity index (χ2n) is 7.49. The van der Waals surface area contributed by atoms with E-state index in [0.717, 1.165) is 38.7 Å². The van der Waals surface area contributed by atoms with Crippen molar-refractivity contribution in [3.63, 3.8) is 0 Å². The van der Waals surface area contributed by atoms with E-state index in [2.05, 4.69) is 6.92 Å².